The van der Waals surface area contributed by atoms with E-state index in [1.165, 1.54) is 0 Å². The summed E-state index contributed by atoms with van der Waals surface area (Å²) in [5.41, 5.74) is 2.22. The average molecular weight is 335 g/mol. The molecule has 0 aliphatic carbocycles. The lowest BCUT2D eigenvalue weighted by atomic mass is 10.1. The molecule has 0 fully saturated rings. The van der Waals surface area contributed by atoms with E-state index in [2.05, 4.69) is 15.7 Å². The number of halogens is 3. The van der Waals surface area contributed by atoms with Crippen LogP contribution >= 0.6 is 0 Å². The van der Waals surface area contributed by atoms with Crippen LogP contribution < -0.4 is 5.43 Å². The summed E-state index contributed by atoms with van der Waals surface area (Å²) in [4.78, 5) is 22.4. The first-order valence-electron chi connectivity index (χ1n) is 6.80. The molecule has 2 rings (SSSR count). The van der Waals surface area contributed by atoms with Gasteiger partial charge in [0, 0.05) is 5.56 Å². The van der Waals surface area contributed by atoms with Gasteiger partial charge in [-0.3, -0.25) is 4.79 Å². The van der Waals surface area contributed by atoms with Gasteiger partial charge in [-0.05, 0) is 29.8 Å². The largest absolute Gasteiger partial charge is 0.416 e. The first-order valence-corrected chi connectivity index (χ1v) is 6.80. The average Bonchev–Trinajstić information content (AvgIpc) is 2.58. The van der Waals surface area contributed by atoms with Crippen LogP contribution in [0.5, 0.6) is 0 Å². The maximum atomic E-state index is 12.5. The maximum absolute atomic E-state index is 12.5. The molecule has 0 unspecified atom stereocenters. The van der Waals surface area contributed by atoms with E-state index in [0.29, 0.717) is 5.56 Å². The Morgan fingerprint density at radius 3 is 2.12 bits per heavy atom. The molecule has 1 amide bonds. The van der Waals surface area contributed by atoms with Crippen molar-refractivity contribution in [3.8, 4) is 0 Å². The highest BCUT2D eigenvalue weighted by Gasteiger charge is 2.30. The quantitative estimate of drug-likeness (QED) is 0.515. The van der Waals surface area contributed by atoms with Crippen molar-refractivity contribution < 1.29 is 18.0 Å². The number of hydrazone groups is 1. The van der Waals surface area contributed by atoms with Crippen molar-refractivity contribution in [2.45, 2.75) is 6.18 Å². The molecule has 24 heavy (non-hydrogen) atoms. The standard InChI is InChI=1S/C16H12F3N3O2/c17-16(18,19)13-8-6-12(7-9-13)15(23)22-21-14(10-20-24)11-4-2-1-3-5-11/h1-9H,10H2,(H,22,23). The highest BCUT2D eigenvalue weighted by Crippen LogP contribution is 2.29. The minimum Gasteiger partial charge on any atom is -0.267 e. The zero-order valence-electron chi connectivity index (χ0n) is 12.2. The molecule has 0 aliphatic heterocycles. The second-order valence-corrected chi connectivity index (χ2v) is 4.73. The number of alkyl halides is 3. The number of carbonyl (C=O) groups is 1. The molecule has 0 saturated carbocycles. The number of nitroso groups, excluding NO2 is 1. The Balaban J connectivity index is 2.14. The molecule has 0 aromatic heterocycles. The second-order valence-electron chi connectivity index (χ2n) is 4.73. The molecule has 0 spiro atoms. The normalized spacial score (nSPS) is 11.9. The Kier molecular flexibility index (Phi) is 5.41. The summed E-state index contributed by atoms with van der Waals surface area (Å²) in [5.74, 6) is -0.692. The lowest BCUT2D eigenvalue weighted by molar-refractivity contribution is -0.137. The van der Waals surface area contributed by atoms with Gasteiger partial charge in [-0.15, -0.1) is 0 Å². The summed E-state index contributed by atoms with van der Waals surface area (Å²) in [5, 5.41) is 6.58. The van der Waals surface area contributed by atoms with Gasteiger partial charge >= 0.3 is 6.18 Å². The highest BCUT2D eigenvalue weighted by atomic mass is 19.4. The van der Waals surface area contributed by atoms with Crippen molar-refractivity contribution in [3.63, 3.8) is 0 Å². The predicted octanol–water partition coefficient (Wildman–Crippen LogP) is 3.61. The van der Waals surface area contributed by atoms with Crippen molar-refractivity contribution >= 4 is 11.6 Å². The molecule has 0 heterocycles. The van der Waals surface area contributed by atoms with Gasteiger partial charge in [0.15, 0.2) is 0 Å². The molecule has 2 aromatic carbocycles. The maximum Gasteiger partial charge on any atom is 0.416 e. The number of benzene rings is 2. The van der Waals surface area contributed by atoms with Crippen LogP contribution in [-0.4, -0.2) is 18.2 Å². The first-order chi connectivity index (χ1) is 11.4. The van der Waals surface area contributed by atoms with E-state index < -0.39 is 17.6 Å². The minimum atomic E-state index is -4.47. The van der Waals surface area contributed by atoms with Gasteiger partial charge in [-0.2, -0.15) is 23.2 Å². The lowest BCUT2D eigenvalue weighted by Gasteiger charge is -2.07. The van der Waals surface area contributed by atoms with E-state index in [9.17, 15) is 22.9 Å². The molecular formula is C16H12F3N3O2. The van der Waals surface area contributed by atoms with Crippen LogP contribution in [0, 0.1) is 4.91 Å². The molecule has 0 aliphatic rings. The number of carbonyl (C=O) groups excluding carboxylic acids is 1. The number of hydrogen-bond donors (Lipinski definition) is 1. The molecule has 0 atom stereocenters. The van der Waals surface area contributed by atoms with E-state index in [1.54, 1.807) is 30.3 Å². The Bertz CT molecular complexity index is 741. The van der Waals surface area contributed by atoms with Gasteiger partial charge in [-0.25, -0.2) is 5.43 Å². The number of hydrogen-bond acceptors (Lipinski definition) is 4. The fourth-order valence-corrected chi connectivity index (χ4v) is 1.88. The Morgan fingerprint density at radius 1 is 0.958 bits per heavy atom. The van der Waals surface area contributed by atoms with Gasteiger partial charge in [0.2, 0.25) is 0 Å². The number of nitrogens with one attached hydrogen (secondary N) is 1. The number of rotatable bonds is 5. The van der Waals surface area contributed by atoms with Gasteiger partial charge in [0.05, 0.1) is 11.3 Å². The zero-order chi connectivity index (χ0) is 17.6. The monoisotopic (exact) mass is 335 g/mol. The lowest BCUT2D eigenvalue weighted by Crippen LogP contribution is -2.21. The third-order valence-electron chi connectivity index (χ3n) is 3.09. The van der Waals surface area contributed by atoms with Gasteiger partial charge in [0.1, 0.15) is 6.54 Å². The Morgan fingerprint density at radius 2 is 1.58 bits per heavy atom. The van der Waals surface area contributed by atoms with Crippen molar-refractivity contribution in [3.05, 3.63) is 76.2 Å². The zero-order valence-corrected chi connectivity index (χ0v) is 12.2. The molecular weight excluding hydrogens is 323 g/mol. The summed E-state index contributed by atoms with van der Waals surface area (Å²) in [6, 6.07) is 12.3. The summed E-state index contributed by atoms with van der Waals surface area (Å²) in [6.45, 7) is -0.253. The fraction of sp³-hybridized carbons (Fsp3) is 0.125. The van der Waals surface area contributed by atoms with Crippen molar-refractivity contribution in [1.82, 2.24) is 5.43 Å². The highest BCUT2D eigenvalue weighted by molar-refractivity contribution is 6.03. The summed E-state index contributed by atoms with van der Waals surface area (Å²) < 4.78 is 37.5. The van der Waals surface area contributed by atoms with Crippen LogP contribution in [0.25, 0.3) is 0 Å². The SMILES string of the molecule is O=NCC(=NNC(=O)c1ccc(C(F)(F)F)cc1)c1ccccc1. The summed E-state index contributed by atoms with van der Waals surface area (Å²) >= 11 is 0. The first kappa shape index (κ1) is 17.3. The van der Waals surface area contributed by atoms with Crippen LogP contribution in [0.4, 0.5) is 13.2 Å². The van der Waals surface area contributed by atoms with E-state index in [4.69, 9.17) is 0 Å². The fourth-order valence-electron chi connectivity index (χ4n) is 1.88. The predicted molar refractivity (Wildman–Crippen MR) is 82.6 cm³/mol. The van der Waals surface area contributed by atoms with E-state index in [0.717, 1.165) is 24.3 Å². The second kappa shape index (κ2) is 7.49. The molecule has 0 saturated heterocycles. The van der Waals surface area contributed by atoms with Gasteiger partial charge in [0.25, 0.3) is 5.91 Å². The van der Waals surface area contributed by atoms with Crippen LogP contribution in [0.2, 0.25) is 0 Å². The minimum absolute atomic E-state index is 0.0122. The molecule has 5 nitrogen and oxygen atoms in total. The molecule has 2 aromatic rings. The molecule has 0 radical (unpaired) electrons. The van der Waals surface area contributed by atoms with Crippen molar-refractivity contribution in [2.75, 3.05) is 6.54 Å². The van der Waals surface area contributed by atoms with E-state index in [-0.39, 0.29) is 17.8 Å². The van der Waals surface area contributed by atoms with Crippen LogP contribution in [0.15, 0.2) is 64.9 Å². The molecule has 0 bridgehead atoms. The molecule has 124 valence electrons. The van der Waals surface area contributed by atoms with Crippen molar-refractivity contribution in [2.24, 2.45) is 10.3 Å². The van der Waals surface area contributed by atoms with E-state index >= 15 is 0 Å². The topological polar surface area (TPSA) is 70.9 Å². The van der Waals surface area contributed by atoms with Crippen LogP contribution in [0.1, 0.15) is 21.5 Å². The summed E-state index contributed by atoms with van der Waals surface area (Å²) in [7, 11) is 0. The van der Waals surface area contributed by atoms with E-state index in [1.807, 2.05) is 0 Å². The van der Waals surface area contributed by atoms with Crippen LogP contribution in [-0.2, 0) is 6.18 Å². The summed E-state index contributed by atoms with van der Waals surface area (Å²) in [6.07, 6.45) is -4.47. The van der Waals surface area contributed by atoms with Crippen molar-refractivity contribution in [1.29, 1.82) is 0 Å². The smallest absolute Gasteiger partial charge is 0.267 e. The third-order valence-corrected chi connectivity index (χ3v) is 3.09. The molecule has 8 heteroatoms. The van der Waals surface area contributed by atoms with Gasteiger partial charge < -0.3 is 0 Å². The molecule has 1 N–H and O–H groups in total. The number of nitrogens with zero attached hydrogens (tertiary/aromatic N) is 2. The Hall–Kier alpha value is -3.03. The Labute approximate surface area is 135 Å². The van der Waals surface area contributed by atoms with Crippen LogP contribution in [0.3, 0.4) is 0 Å². The number of amides is 1. The third kappa shape index (κ3) is 4.48. The van der Waals surface area contributed by atoms with Gasteiger partial charge in [-0.1, -0.05) is 35.5 Å².